The zero-order valence-corrected chi connectivity index (χ0v) is 24.6. The first-order chi connectivity index (χ1) is 19.3. The maximum absolute atomic E-state index is 13.8. The Kier molecular flexibility index (Phi) is 7.92. The first-order valence-electron chi connectivity index (χ1n) is 15.5. The molecule has 1 amide bonds. The van der Waals surface area contributed by atoms with Crippen LogP contribution in [-0.2, 0) is 24.2 Å². The third-order valence-corrected chi connectivity index (χ3v) is 9.99. The van der Waals surface area contributed by atoms with Gasteiger partial charge in [-0.05, 0) is 94.6 Å². The summed E-state index contributed by atoms with van der Waals surface area (Å²) in [7, 11) is 2.14. The number of phenolic OH excluding ortho intramolecular Hbond substituents is 1. The second kappa shape index (κ2) is 11.4. The molecule has 4 heterocycles. The van der Waals surface area contributed by atoms with Gasteiger partial charge in [0.05, 0.1) is 23.5 Å². The Labute approximate surface area is 238 Å². The number of hydrogen-bond acceptors (Lipinski definition) is 7. The summed E-state index contributed by atoms with van der Waals surface area (Å²) < 4.78 is 0. The van der Waals surface area contributed by atoms with E-state index in [4.69, 9.17) is 4.98 Å². The molecule has 218 valence electrons. The number of aryl methyl sites for hydroxylation is 1. The number of hydrogen-bond donors (Lipinski definition) is 4. The zero-order chi connectivity index (χ0) is 28.0. The number of fused-ring (bicyclic) bond motifs is 2. The van der Waals surface area contributed by atoms with Crippen molar-refractivity contribution in [3.8, 4) is 5.75 Å². The molecule has 1 aromatic heterocycles. The van der Waals surface area contributed by atoms with Gasteiger partial charge in [-0.25, -0.2) is 10.4 Å². The zero-order valence-electron chi connectivity index (χ0n) is 24.6. The Bertz CT molecular complexity index is 1210. The maximum atomic E-state index is 13.8. The molecule has 1 aliphatic carbocycles. The number of imidazole rings is 1. The van der Waals surface area contributed by atoms with Gasteiger partial charge in [-0.15, -0.1) is 0 Å². The minimum atomic E-state index is -0.150. The predicted octanol–water partition coefficient (Wildman–Crippen LogP) is 3.08. The molecule has 0 radical (unpaired) electrons. The van der Waals surface area contributed by atoms with Crippen molar-refractivity contribution in [2.24, 2.45) is 5.92 Å². The first kappa shape index (κ1) is 27.7. The van der Waals surface area contributed by atoms with Gasteiger partial charge in [0.2, 0.25) is 5.91 Å². The van der Waals surface area contributed by atoms with E-state index < -0.39 is 0 Å². The number of benzene rings is 1. The standard InChI is InChI=1S/C31H47N7O2/c1-5-20-15-22(39)8-10-23(20)21-7-9-24-25(16-21)34-35-29(24)30-32-26-17-28(38(19(2)3)18-27(26)33-30)31(40)37-12-6-11-36(4)13-14-37/h8,10,15,19,21,24-25,28-29,34-35,39H,5-7,9,11-14,16-18H2,1-4H3,(H,32,33)/t21?,24?,25?,28-,29?/m0/s1. The minimum Gasteiger partial charge on any atom is -0.508 e. The van der Waals surface area contributed by atoms with Crippen LogP contribution >= 0.6 is 0 Å². The predicted molar refractivity (Wildman–Crippen MR) is 156 cm³/mol. The van der Waals surface area contributed by atoms with Gasteiger partial charge >= 0.3 is 0 Å². The molecule has 6 rings (SSSR count). The highest BCUT2D eigenvalue weighted by molar-refractivity contribution is 5.82. The van der Waals surface area contributed by atoms with E-state index in [0.717, 1.165) is 76.3 Å². The van der Waals surface area contributed by atoms with Gasteiger partial charge in [0, 0.05) is 44.7 Å². The number of amides is 1. The maximum Gasteiger partial charge on any atom is 0.240 e. The SMILES string of the molecule is CCc1cc(O)ccc1C1CCC2C(C1)NNC2c1nc2c([nH]1)CN(C(C)C)[C@H](C(=O)N1CCCN(C)CC1)C2. The molecule has 0 bridgehead atoms. The summed E-state index contributed by atoms with van der Waals surface area (Å²) >= 11 is 0. The Morgan fingerprint density at radius 2 is 2.00 bits per heavy atom. The average Bonchev–Trinajstić information content (AvgIpc) is 3.49. The number of rotatable bonds is 5. The van der Waals surface area contributed by atoms with Gasteiger partial charge in [0.25, 0.3) is 0 Å². The Hall–Kier alpha value is -2.46. The fourth-order valence-electron chi connectivity index (χ4n) is 7.67. The molecule has 5 atom stereocenters. The molecule has 1 saturated carbocycles. The lowest BCUT2D eigenvalue weighted by molar-refractivity contribution is -0.138. The topological polar surface area (TPSA) is 99.8 Å². The monoisotopic (exact) mass is 549 g/mol. The number of aromatic nitrogens is 2. The van der Waals surface area contributed by atoms with Crippen LogP contribution in [0.3, 0.4) is 0 Å². The van der Waals surface area contributed by atoms with E-state index in [-0.39, 0.29) is 24.0 Å². The van der Waals surface area contributed by atoms with Gasteiger partial charge in [-0.3, -0.25) is 15.1 Å². The van der Waals surface area contributed by atoms with Crippen molar-refractivity contribution in [2.45, 2.75) is 95.9 Å². The molecule has 4 aliphatic rings. The molecule has 9 nitrogen and oxygen atoms in total. The van der Waals surface area contributed by atoms with Crippen LogP contribution in [0.1, 0.15) is 86.8 Å². The first-order valence-corrected chi connectivity index (χ1v) is 15.5. The lowest BCUT2D eigenvalue weighted by atomic mass is 9.73. The van der Waals surface area contributed by atoms with Crippen LogP contribution in [0.25, 0.3) is 0 Å². The van der Waals surface area contributed by atoms with Crippen molar-refractivity contribution in [1.29, 1.82) is 0 Å². The van der Waals surface area contributed by atoms with Crippen molar-refractivity contribution in [2.75, 3.05) is 33.2 Å². The van der Waals surface area contributed by atoms with Crippen LogP contribution < -0.4 is 10.9 Å². The number of nitrogens with zero attached hydrogens (tertiary/aromatic N) is 4. The van der Waals surface area contributed by atoms with Crippen molar-refractivity contribution in [3.05, 3.63) is 46.5 Å². The van der Waals surface area contributed by atoms with E-state index in [1.807, 2.05) is 12.1 Å². The number of phenols is 1. The van der Waals surface area contributed by atoms with E-state index in [9.17, 15) is 9.90 Å². The largest absolute Gasteiger partial charge is 0.508 e. The highest BCUT2D eigenvalue weighted by Gasteiger charge is 2.44. The summed E-state index contributed by atoms with van der Waals surface area (Å²) in [6, 6.07) is 6.55. The number of carbonyl (C=O) groups excluding carboxylic acids is 1. The molecule has 40 heavy (non-hydrogen) atoms. The summed E-state index contributed by atoms with van der Waals surface area (Å²) in [6.45, 7) is 10.9. The van der Waals surface area contributed by atoms with Gasteiger partial charge in [0.1, 0.15) is 11.6 Å². The average molecular weight is 550 g/mol. The summed E-state index contributed by atoms with van der Waals surface area (Å²) in [6.07, 6.45) is 5.98. The van der Waals surface area contributed by atoms with Crippen molar-refractivity contribution >= 4 is 5.91 Å². The van der Waals surface area contributed by atoms with E-state index in [0.29, 0.717) is 30.0 Å². The number of likely N-dealkylation sites (N-methyl/N-ethyl adjacent to an activating group) is 1. The van der Waals surface area contributed by atoms with Gasteiger partial charge in [-0.2, -0.15) is 0 Å². The lowest BCUT2D eigenvalue weighted by Gasteiger charge is -2.39. The van der Waals surface area contributed by atoms with Crippen LogP contribution in [-0.4, -0.2) is 87.0 Å². The van der Waals surface area contributed by atoms with Crippen LogP contribution in [0.5, 0.6) is 5.75 Å². The molecule has 4 N–H and O–H groups in total. The third-order valence-electron chi connectivity index (χ3n) is 9.99. The fourth-order valence-corrected chi connectivity index (χ4v) is 7.67. The molecule has 2 aromatic rings. The number of aromatic amines is 1. The summed E-state index contributed by atoms with van der Waals surface area (Å²) in [4.78, 5) is 29.4. The quantitative estimate of drug-likeness (QED) is 0.455. The number of H-pyrrole nitrogens is 1. The van der Waals surface area contributed by atoms with Crippen LogP contribution in [0.4, 0.5) is 0 Å². The second-order valence-electron chi connectivity index (χ2n) is 12.8. The molecule has 9 heteroatoms. The molecule has 0 spiro atoms. The van der Waals surface area contributed by atoms with Crippen molar-refractivity contribution in [1.82, 2.24) is 35.5 Å². The summed E-state index contributed by atoms with van der Waals surface area (Å²) in [5.41, 5.74) is 12.1. The number of carbonyl (C=O) groups is 1. The third kappa shape index (κ3) is 5.29. The number of nitrogens with one attached hydrogen (secondary N) is 3. The fraction of sp³-hybridized carbons (Fsp3) is 0.677. The smallest absolute Gasteiger partial charge is 0.240 e. The van der Waals surface area contributed by atoms with Gasteiger partial charge in [-0.1, -0.05) is 13.0 Å². The molecular formula is C31H47N7O2. The van der Waals surface area contributed by atoms with Crippen LogP contribution in [0, 0.1) is 5.92 Å². The number of hydrazine groups is 1. The second-order valence-corrected chi connectivity index (χ2v) is 12.8. The van der Waals surface area contributed by atoms with E-state index >= 15 is 0 Å². The Balaban J connectivity index is 1.17. The van der Waals surface area contributed by atoms with E-state index in [1.165, 1.54) is 16.8 Å². The van der Waals surface area contributed by atoms with E-state index in [2.05, 4.69) is 64.4 Å². The highest BCUT2D eigenvalue weighted by Crippen LogP contribution is 2.44. The van der Waals surface area contributed by atoms with Crippen molar-refractivity contribution in [3.63, 3.8) is 0 Å². The van der Waals surface area contributed by atoms with Gasteiger partial charge < -0.3 is 19.9 Å². The summed E-state index contributed by atoms with van der Waals surface area (Å²) in [5.74, 6) is 2.60. The van der Waals surface area contributed by atoms with Gasteiger partial charge in [0.15, 0.2) is 0 Å². The molecule has 2 saturated heterocycles. The molecule has 3 aliphatic heterocycles. The Morgan fingerprint density at radius 1 is 1.15 bits per heavy atom. The number of aromatic hydroxyl groups is 1. The molecule has 3 fully saturated rings. The highest BCUT2D eigenvalue weighted by atomic mass is 16.3. The van der Waals surface area contributed by atoms with Crippen molar-refractivity contribution < 1.29 is 9.90 Å². The molecular weight excluding hydrogens is 502 g/mol. The van der Waals surface area contributed by atoms with Crippen LogP contribution in [0.2, 0.25) is 0 Å². The van der Waals surface area contributed by atoms with Crippen LogP contribution in [0.15, 0.2) is 18.2 Å². The summed E-state index contributed by atoms with van der Waals surface area (Å²) in [5, 5.41) is 9.97. The minimum absolute atomic E-state index is 0.143. The Morgan fingerprint density at radius 3 is 2.80 bits per heavy atom. The normalized spacial score (nSPS) is 29.8. The molecule has 4 unspecified atom stereocenters. The molecule has 1 aromatic carbocycles. The van der Waals surface area contributed by atoms with E-state index in [1.54, 1.807) is 0 Å². The lowest BCUT2D eigenvalue weighted by Crippen LogP contribution is -2.54.